The fourth-order valence-corrected chi connectivity index (χ4v) is 3.40. The van der Waals surface area contributed by atoms with E-state index >= 15 is 0 Å². The van der Waals surface area contributed by atoms with E-state index in [4.69, 9.17) is 15.2 Å². The summed E-state index contributed by atoms with van der Waals surface area (Å²) >= 11 is 0. The van der Waals surface area contributed by atoms with Gasteiger partial charge in [0.05, 0.1) is 18.8 Å². The van der Waals surface area contributed by atoms with E-state index in [0.29, 0.717) is 18.8 Å². The lowest BCUT2D eigenvalue weighted by Crippen LogP contribution is -2.46. The molecule has 2 N–H and O–H groups in total. The van der Waals surface area contributed by atoms with E-state index in [1.54, 1.807) is 0 Å². The highest BCUT2D eigenvalue weighted by atomic mass is 16.5. The number of hydrogen-bond acceptors (Lipinski definition) is 4. The van der Waals surface area contributed by atoms with Gasteiger partial charge in [-0.15, -0.1) is 0 Å². The highest BCUT2D eigenvalue weighted by Gasteiger charge is 2.36. The average Bonchev–Trinajstić information content (AvgIpc) is 2.86. The molecular weight excluding hydrogens is 264 g/mol. The van der Waals surface area contributed by atoms with Gasteiger partial charge in [-0.05, 0) is 37.0 Å². The number of fused-ring (bicyclic) bond motifs is 2. The van der Waals surface area contributed by atoms with Crippen LogP contribution in [0.15, 0.2) is 24.3 Å². The van der Waals surface area contributed by atoms with Crippen molar-refractivity contribution in [3.63, 3.8) is 0 Å². The summed E-state index contributed by atoms with van der Waals surface area (Å²) in [4.78, 5) is 2.49. The van der Waals surface area contributed by atoms with Gasteiger partial charge >= 0.3 is 0 Å². The summed E-state index contributed by atoms with van der Waals surface area (Å²) in [6.45, 7) is 5.55. The molecule has 2 aliphatic rings. The topological polar surface area (TPSA) is 47.7 Å². The molecule has 21 heavy (non-hydrogen) atoms. The van der Waals surface area contributed by atoms with Crippen LogP contribution in [0.4, 0.5) is 0 Å². The number of ether oxygens (including phenoxy) is 2. The van der Waals surface area contributed by atoms with Crippen LogP contribution in [0.25, 0.3) is 0 Å². The first kappa shape index (κ1) is 14.8. The molecule has 0 amide bonds. The van der Waals surface area contributed by atoms with Crippen molar-refractivity contribution in [1.29, 1.82) is 0 Å². The zero-order valence-corrected chi connectivity index (χ0v) is 12.8. The van der Waals surface area contributed by atoms with Gasteiger partial charge in [0.2, 0.25) is 0 Å². The quantitative estimate of drug-likeness (QED) is 0.873. The third-order valence-electron chi connectivity index (χ3n) is 4.47. The van der Waals surface area contributed by atoms with Gasteiger partial charge in [-0.1, -0.05) is 19.1 Å². The van der Waals surface area contributed by atoms with E-state index in [2.05, 4.69) is 36.1 Å². The molecule has 2 heterocycles. The highest BCUT2D eigenvalue weighted by Crippen LogP contribution is 2.32. The average molecular weight is 290 g/mol. The van der Waals surface area contributed by atoms with Gasteiger partial charge in [0.1, 0.15) is 5.75 Å². The van der Waals surface area contributed by atoms with E-state index in [9.17, 15) is 0 Å². The Hall–Kier alpha value is -1.10. The molecule has 4 nitrogen and oxygen atoms in total. The predicted molar refractivity (Wildman–Crippen MR) is 83.5 cm³/mol. The lowest BCUT2D eigenvalue weighted by atomic mass is 10.0. The summed E-state index contributed by atoms with van der Waals surface area (Å²) in [6, 6.07) is 8.71. The number of hydrogen-bond donors (Lipinski definition) is 1. The van der Waals surface area contributed by atoms with Crippen LogP contribution in [0.2, 0.25) is 0 Å². The van der Waals surface area contributed by atoms with Crippen molar-refractivity contribution in [2.75, 3.05) is 26.2 Å². The van der Waals surface area contributed by atoms with Crippen LogP contribution in [0.3, 0.4) is 0 Å². The Morgan fingerprint density at radius 3 is 2.48 bits per heavy atom. The van der Waals surface area contributed by atoms with Crippen molar-refractivity contribution in [2.45, 2.75) is 44.4 Å². The van der Waals surface area contributed by atoms with Gasteiger partial charge < -0.3 is 15.2 Å². The van der Waals surface area contributed by atoms with Crippen LogP contribution in [0.1, 0.15) is 37.8 Å². The SMILES string of the molecule is CCCOc1ccc(C(CN)N2CC3CCC(C2)O3)cc1. The maximum absolute atomic E-state index is 6.05. The minimum absolute atomic E-state index is 0.289. The largest absolute Gasteiger partial charge is 0.494 e. The van der Waals surface area contributed by atoms with Crippen molar-refractivity contribution < 1.29 is 9.47 Å². The number of nitrogens with zero attached hydrogens (tertiary/aromatic N) is 1. The van der Waals surface area contributed by atoms with Crippen LogP contribution in [-0.4, -0.2) is 43.3 Å². The molecule has 0 aromatic heterocycles. The summed E-state index contributed by atoms with van der Waals surface area (Å²) in [5.41, 5.74) is 7.33. The summed E-state index contributed by atoms with van der Waals surface area (Å²) in [5, 5.41) is 0. The van der Waals surface area contributed by atoms with Crippen molar-refractivity contribution in [3.05, 3.63) is 29.8 Å². The Morgan fingerprint density at radius 1 is 1.24 bits per heavy atom. The monoisotopic (exact) mass is 290 g/mol. The van der Waals surface area contributed by atoms with Crippen molar-refractivity contribution in [2.24, 2.45) is 5.73 Å². The second kappa shape index (κ2) is 6.77. The van der Waals surface area contributed by atoms with Gasteiger partial charge in [-0.2, -0.15) is 0 Å². The maximum atomic E-state index is 6.05. The maximum Gasteiger partial charge on any atom is 0.119 e. The number of likely N-dealkylation sites (tertiary alicyclic amines) is 1. The second-order valence-electron chi connectivity index (χ2n) is 6.08. The second-order valence-corrected chi connectivity index (χ2v) is 6.08. The van der Waals surface area contributed by atoms with Gasteiger partial charge in [-0.25, -0.2) is 0 Å². The summed E-state index contributed by atoms with van der Waals surface area (Å²) in [6.07, 6.45) is 4.24. The molecule has 116 valence electrons. The van der Waals surface area contributed by atoms with Crippen LogP contribution < -0.4 is 10.5 Å². The molecule has 0 aliphatic carbocycles. The molecule has 3 unspecified atom stereocenters. The van der Waals surface area contributed by atoms with Gasteiger partial charge in [0.25, 0.3) is 0 Å². The van der Waals surface area contributed by atoms with Gasteiger partial charge in [-0.3, -0.25) is 4.90 Å². The van der Waals surface area contributed by atoms with E-state index < -0.39 is 0 Å². The molecule has 1 aromatic carbocycles. The number of nitrogens with two attached hydrogens (primary N) is 1. The van der Waals surface area contributed by atoms with Crippen LogP contribution >= 0.6 is 0 Å². The molecule has 0 radical (unpaired) electrons. The van der Waals surface area contributed by atoms with E-state index in [-0.39, 0.29) is 6.04 Å². The molecule has 1 aromatic rings. The minimum Gasteiger partial charge on any atom is -0.494 e. The lowest BCUT2D eigenvalue weighted by molar-refractivity contribution is -0.0521. The Morgan fingerprint density at radius 2 is 1.90 bits per heavy atom. The van der Waals surface area contributed by atoms with Crippen LogP contribution in [0.5, 0.6) is 5.75 Å². The third kappa shape index (κ3) is 3.39. The van der Waals surface area contributed by atoms with Crippen molar-refractivity contribution in [1.82, 2.24) is 4.90 Å². The first-order chi connectivity index (χ1) is 10.3. The molecule has 4 heteroatoms. The zero-order valence-electron chi connectivity index (χ0n) is 12.8. The molecular formula is C17H26N2O2. The zero-order chi connectivity index (χ0) is 14.7. The molecule has 3 atom stereocenters. The molecule has 2 fully saturated rings. The first-order valence-corrected chi connectivity index (χ1v) is 8.12. The van der Waals surface area contributed by atoms with E-state index in [0.717, 1.165) is 31.9 Å². The fourth-order valence-electron chi connectivity index (χ4n) is 3.40. The standard InChI is InChI=1S/C17H26N2O2/c1-2-9-20-14-5-3-13(4-6-14)17(10-18)19-11-15-7-8-16(12-19)21-15/h3-6,15-17H,2,7-12,18H2,1H3. The van der Waals surface area contributed by atoms with Crippen molar-refractivity contribution >= 4 is 0 Å². The Kier molecular flexibility index (Phi) is 4.78. The van der Waals surface area contributed by atoms with Crippen LogP contribution in [0, 0.1) is 0 Å². The molecule has 2 aliphatic heterocycles. The fraction of sp³-hybridized carbons (Fsp3) is 0.647. The third-order valence-corrected chi connectivity index (χ3v) is 4.47. The minimum atomic E-state index is 0.289. The molecule has 0 spiro atoms. The van der Waals surface area contributed by atoms with Crippen LogP contribution in [-0.2, 0) is 4.74 Å². The van der Waals surface area contributed by atoms with E-state index in [1.807, 2.05) is 0 Å². The van der Waals surface area contributed by atoms with Gasteiger partial charge in [0.15, 0.2) is 0 Å². The lowest BCUT2D eigenvalue weighted by Gasteiger charge is -2.37. The Balaban J connectivity index is 1.68. The molecule has 2 bridgehead atoms. The Labute approximate surface area is 127 Å². The number of benzene rings is 1. The van der Waals surface area contributed by atoms with E-state index in [1.165, 1.54) is 18.4 Å². The summed E-state index contributed by atoms with van der Waals surface area (Å²) in [7, 11) is 0. The first-order valence-electron chi connectivity index (χ1n) is 8.12. The predicted octanol–water partition coefficient (Wildman–Crippen LogP) is 2.34. The number of morpholine rings is 1. The number of rotatable bonds is 6. The summed E-state index contributed by atoms with van der Waals surface area (Å²) < 4.78 is 11.6. The molecule has 2 saturated heterocycles. The Bertz CT molecular complexity index is 437. The normalized spacial score (nSPS) is 26.8. The smallest absolute Gasteiger partial charge is 0.119 e. The highest BCUT2D eigenvalue weighted by molar-refractivity contribution is 5.29. The molecule has 3 rings (SSSR count). The van der Waals surface area contributed by atoms with Gasteiger partial charge in [0, 0.05) is 25.7 Å². The molecule has 0 saturated carbocycles. The summed E-state index contributed by atoms with van der Waals surface area (Å²) in [5.74, 6) is 0.943. The van der Waals surface area contributed by atoms with Crippen molar-refractivity contribution in [3.8, 4) is 5.75 Å².